The summed E-state index contributed by atoms with van der Waals surface area (Å²) < 4.78 is 0. The monoisotopic (exact) mass is 104 g/mol. The Labute approximate surface area is 42.2 Å². The zero-order chi connectivity index (χ0) is 5.70. The number of hydrogen-bond acceptors (Lipinski definition) is 2. The number of rotatable bonds is 3. The molecular formula is C3H10N3O+. The fourth-order valence-electron chi connectivity index (χ4n) is 0.222. The van der Waals surface area contributed by atoms with Crippen LogP contribution in [0.3, 0.4) is 0 Å². The van der Waals surface area contributed by atoms with Crippen LogP contribution in [0.15, 0.2) is 0 Å². The summed E-state index contributed by atoms with van der Waals surface area (Å²) in [5.74, 6) is 4.72. The number of nitrogens with two attached hydrogens (primary N) is 1. The van der Waals surface area contributed by atoms with Gasteiger partial charge in [-0.1, -0.05) is 0 Å². The van der Waals surface area contributed by atoms with E-state index in [2.05, 4.69) is 5.32 Å². The quantitative estimate of drug-likeness (QED) is 0.270. The van der Waals surface area contributed by atoms with Gasteiger partial charge < -0.3 is 5.32 Å². The number of nitroso groups, excluding NO2 is 1. The first-order chi connectivity index (χ1) is 3.27. The smallest absolute Gasteiger partial charge is 0.237 e. The molecule has 7 heavy (non-hydrogen) atoms. The van der Waals surface area contributed by atoms with E-state index >= 15 is 0 Å². The van der Waals surface area contributed by atoms with Crippen molar-refractivity contribution in [2.75, 3.05) is 20.1 Å². The van der Waals surface area contributed by atoms with Gasteiger partial charge in [0.05, 0.1) is 11.5 Å². The average Bonchev–Trinajstić information content (AvgIpc) is 1.61. The molecule has 4 heteroatoms. The lowest BCUT2D eigenvalue weighted by atomic mass is 10.7. The third kappa shape index (κ3) is 5.36. The number of hydrazine groups is 1. The van der Waals surface area contributed by atoms with E-state index in [1.165, 1.54) is 0 Å². The molecule has 0 aromatic heterocycles. The molecule has 3 N–H and O–H groups in total. The Morgan fingerprint density at radius 3 is 2.57 bits per heavy atom. The third-order valence-corrected chi connectivity index (χ3v) is 0.582. The van der Waals surface area contributed by atoms with Gasteiger partial charge in [-0.2, -0.15) is 5.84 Å². The van der Waals surface area contributed by atoms with Gasteiger partial charge in [-0.3, -0.25) is 0 Å². The van der Waals surface area contributed by atoms with E-state index in [1.54, 1.807) is 7.05 Å². The maximum Gasteiger partial charge on any atom is 0.237 e. The van der Waals surface area contributed by atoms with E-state index in [0.29, 0.717) is 18.0 Å². The summed E-state index contributed by atoms with van der Waals surface area (Å²) in [5, 5.41) is 2.78. The lowest BCUT2D eigenvalue weighted by Crippen LogP contribution is -2.25. The van der Waals surface area contributed by atoms with Crippen molar-refractivity contribution < 1.29 is 4.87 Å². The van der Waals surface area contributed by atoms with Gasteiger partial charge in [0.25, 0.3) is 0 Å². The van der Waals surface area contributed by atoms with E-state index in [0.717, 1.165) is 0 Å². The summed E-state index contributed by atoms with van der Waals surface area (Å²) in [5.41, 5.74) is 0. The van der Waals surface area contributed by atoms with Crippen molar-refractivity contribution in [1.29, 1.82) is 0 Å². The molecule has 42 valence electrons. The second-order valence-corrected chi connectivity index (χ2v) is 1.24. The predicted octanol–water partition coefficient (Wildman–Crippen LogP) is -1.14. The molecule has 0 saturated carbocycles. The van der Waals surface area contributed by atoms with Gasteiger partial charge in [0.15, 0.2) is 0 Å². The minimum Gasteiger partial charge on any atom is -0.314 e. The lowest BCUT2D eigenvalue weighted by molar-refractivity contribution is -0.558. The molecule has 0 atom stereocenters. The minimum atomic E-state index is 0.344. The lowest BCUT2D eigenvalue weighted by Gasteiger charge is -1.83. The Morgan fingerprint density at radius 2 is 2.43 bits per heavy atom. The Morgan fingerprint density at radius 1 is 1.86 bits per heavy atom. The second-order valence-electron chi connectivity index (χ2n) is 1.24. The van der Waals surface area contributed by atoms with E-state index in [4.69, 9.17) is 5.84 Å². The van der Waals surface area contributed by atoms with E-state index in [1.807, 2.05) is 0 Å². The Kier molecular flexibility index (Phi) is 3.22. The van der Waals surface area contributed by atoms with Crippen molar-refractivity contribution in [3.63, 3.8) is 0 Å². The van der Waals surface area contributed by atoms with Gasteiger partial charge in [0, 0.05) is 0 Å². The fraction of sp³-hybridized carbons (Fsp3) is 1.00. The number of hydrogen-bond donors (Lipinski definition) is 2. The normalized spacial score (nSPS) is 8.71. The topological polar surface area (TPSA) is 58.1 Å². The Bertz CT molecular complexity index is 63.2. The molecule has 0 unspecified atom stereocenters. The molecule has 4 nitrogen and oxygen atoms in total. The van der Waals surface area contributed by atoms with Crippen LogP contribution in [0.2, 0.25) is 0 Å². The molecule has 0 rings (SSSR count). The highest BCUT2D eigenvalue weighted by molar-refractivity contribution is 4.28. The summed E-state index contributed by atoms with van der Waals surface area (Å²) >= 11 is 0. The summed E-state index contributed by atoms with van der Waals surface area (Å²) in [6.45, 7) is 0.983. The first-order valence-electron chi connectivity index (χ1n) is 2.11. The molecular weight excluding hydrogens is 94.1 g/mol. The van der Waals surface area contributed by atoms with Crippen molar-refractivity contribution in [3.05, 3.63) is 4.91 Å². The second kappa shape index (κ2) is 3.55. The molecule has 0 spiro atoms. The van der Waals surface area contributed by atoms with Crippen LogP contribution < -0.4 is 11.2 Å². The van der Waals surface area contributed by atoms with Crippen LogP contribution in [0.25, 0.3) is 0 Å². The minimum absolute atomic E-state index is 0.344. The van der Waals surface area contributed by atoms with Gasteiger partial charge in [0.1, 0.15) is 4.87 Å². The van der Waals surface area contributed by atoms with Crippen LogP contribution >= 0.6 is 0 Å². The molecule has 0 heterocycles. The number of nitrogens with zero attached hydrogens (tertiary/aromatic N) is 1. The maximum atomic E-state index is 9.86. The Balaban J connectivity index is 2.82. The molecule has 0 bridgehead atoms. The van der Waals surface area contributed by atoms with E-state index in [-0.39, 0.29) is 0 Å². The van der Waals surface area contributed by atoms with Crippen molar-refractivity contribution in [3.8, 4) is 0 Å². The SMILES string of the molecule is CNCC[N+](N)=O. The summed E-state index contributed by atoms with van der Waals surface area (Å²) in [7, 11) is 1.77. The number of likely N-dealkylation sites (N-methyl/N-ethyl adjacent to an activating group) is 1. The maximum absolute atomic E-state index is 9.86. The number of nitrogens with one attached hydrogen (secondary N) is 1. The van der Waals surface area contributed by atoms with E-state index in [9.17, 15) is 4.91 Å². The highest BCUT2D eigenvalue weighted by Crippen LogP contribution is 1.54. The Hall–Kier alpha value is -0.640. The third-order valence-electron chi connectivity index (χ3n) is 0.582. The molecule has 0 aromatic rings. The molecule has 0 radical (unpaired) electrons. The zero-order valence-corrected chi connectivity index (χ0v) is 4.35. The highest BCUT2D eigenvalue weighted by atomic mass is 16.3. The molecule has 0 aliphatic rings. The highest BCUT2D eigenvalue weighted by Gasteiger charge is 1.94. The molecule has 0 fully saturated rings. The molecule has 0 saturated heterocycles. The van der Waals surface area contributed by atoms with Crippen molar-refractivity contribution >= 4 is 0 Å². The zero-order valence-electron chi connectivity index (χ0n) is 4.35. The largest absolute Gasteiger partial charge is 0.314 e. The predicted molar refractivity (Wildman–Crippen MR) is 26.6 cm³/mol. The average molecular weight is 104 g/mol. The standard InChI is InChI=1S/C3H10N3O/c1-5-2-3-6(4)7/h5H,2-3H2,1H3,(H2,4,7)/q+1. The van der Waals surface area contributed by atoms with Crippen LogP contribution in [0, 0.1) is 4.91 Å². The van der Waals surface area contributed by atoms with Crippen molar-refractivity contribution in [1.82, 2.24) is 5.32 Å². The fourth-order valence-corrected chi connectivity index (χ4v) is 0.222. The molecule has 0 aliphatic carbocycles. The molecule has 0 aliphatic heterocycles. The van der Waals surface area contributed by atoms with Gasteiger partial charge in [-0.25, -0.2) is 0 Å². The summed E-state index contributed by atoms with van der Waals surface area (Å²) in [6.07, 6.45) is 0. The van der Waals surface area contributed by atoms with Crippen LogP contribution in [0.5, 0.6) is 0 Å². The van der Waals surface area contributed by atoms with Crippen LogP contribution in [-0.2, 0) is 0 Å². The van der Waals surface area contributed by atoms with Crippen molar-refractivity contribution in [2.24, 2.45) is 5.84 Å². The van der Waals surface area contributed by atoms with Gasteiger partial charge in [-0.05, 0) is 7.05 Å². The van der Waals surface area contributed by atoms with Crippen LogP contribution in [0.1, 0.15) is 0 Å². The van der Waals surface area contributed by atoms with Crippen molar-refractivity contribution in [2.45, 2.75) is 0 Å². The van der Waals surface area contributed by atoms with Gasteiger partial charge >= 0.3 is 0 Å². The molecule has 0 amide bonds. The van der Waals surface area contributed by atoms with Gasteiger partial charge in [0.2, 0.25) is 6.54 Å². The summed E-state index contributed by atoms with van der Waals surface area (Å²) in [4.78, 5) is 10.3. The molecule has 0 aromatic carbocycles. The van der Waals surface area contributed by atoms with E-state index < -0.39 is 0 Å². The first kappa shape index (κ1) is 6.36. The summed E-state index contributed by atoms with van der Waals surface area (Å²) in [6, 6.07) is 0. The first-order valence-corrected chi connectivity index (χ1v) is 2.11. The van der Waals surface area contributed by atoms with Crippen LogP contribution in [-0.4, -0.2) is 25.0 Å². The van der Waals surface area contributed by atoms with Gasteiger partial charge in [-0.15, -0.1) is 0 Å². The van der Waals surface area contributed by atoms with Crippen LogP contribution in [0.4, 0.5) is 0 Å².